The lowest BCUT2D eigenvalue weighted by Gasteiger charge is -2.34. The second-order valence-corrected chi connectivity index (χ2v) is 12.2. The quantitative estimate of drug-likeness (QED) is 0.315. The van der Waals surface area contributed by atoms with Crippen LogP contribution in [0.2, 0.25) is 0 Å². The topological polar surface area (TPSA) is 106 Å². The van der Waals surface area contributed by atoms with E-state index in [1.54, 1.807) is 33.9 Å². The number of carbonyl (C=O) groups is 2. The Bertz CT molecular complexity index is 1450. The molecule has 0 bridgehead atoms. The maximum Gasteiger partial charge on any atom is 0.270 e. The lowest BCUT2D eigenvalue weighted by atomic mass is 9.79. The molecule has 2 amide bonds. The van der Waals surface area contributed by atoms with Gasteiger partial charge in [0.05, 0.1) is 30.2 Å². The smallest absolute Gasteiger partial charge is 0.270 e. The molecule has 9 nitrogen and oxygen atoms in total. The van der Waals surface area contributed by atoms with E-state index in [1.165, 1.54) is 0 Å². The van der Waals surface area contributed by atoms with E-state index in [2.05, 4.69) is 20.8 Å². The average Bonchev–Trinajstić information content (AvgIpc) is 3.49. The Balaban J connectivity index is 1.23. The summed E-state index contributed by atoms with van der Waals surface area (Å²) in [5, 5.41) is 14.7. The summed E-state index contributed by atoms with van der Waals surface area (Å²) in [6.07, 6.45) is 6.30. The number of hydrogen-bond acceptors (Lipinski definition) is 5. The highest BCUT2D eigenvalue weighted by Gasteiger charge is 2.46. The number of alkyl halides is 4. The van der Waals surface area contributed by atoms with E-state index >= 15 is 0 Å². The van der Waals surface area contributed by atoms with E-state index in [0.29, 0.717) is 23.6 Å². The molecular formula is C29H35F4N7O2. The maximum absolute atomic E-state index is 14.0. The van der Waals surface area contributed by atoms with Gasteiger partial charge >= 0.3 is 0 Å². The number of aryl methyl sites for hydroxylation is 1. The molecule has 2 N–H and O–H groups in total. The standard InChI is InChI=1S/C29H35F4N7O2/c1-2-39-22(7-10-34-39)27(42)38-26(19-5-8-28(30,31)9-6-19)21-16-40-23(36-21)12-20(15-35-40)25(18-3-4-18)37-24(41)11-17-13-29(32,33)14-17/h7,10,12,15-19,25-26H,2-6,8-9,11,13-14H2,1H3,(H,37,41)(H,38,42)/t25?,26-/m0/s1. The van der Waals surface area contributed by atoms with Gasteiger partial charge in [-0.05, 0) is 68.1 Å². The van der Waals surface area contributed by atoms with Crippen molar-refractivity contribution in [2.75, 3.05) is 0 Å². The second-order valence-electron chi connectivity index (χ2n) is 12.2. The summed E-state index contributed by atoms with van der Waals surface area (Å²) in [4.78, 5) is 30.7. The third-order valence-corrected chi connectivity index (χ3v) is 8.86. The Hall–Kier alpha value is -3.51. The first-order valence-electron chi connectivity index (χ1n) is 14.7. The van der Waals surface area contributed by atoms with Gasteiger partial charge in [0.2, 0.25) is 17.8 Å². The van der Waals surface area contributed by atoms with Gasteiger partial charge in [-0.2, -0.15) is 10.2 Å². The van der Waals surface area contributed by atoms with Gasteiger partial charge in [-0.25, -0.2) is 27.1 Å². The number of amides is 2. The Morgan fingerprint density at radius 1 is 1.00 bits per heavy atom. The molecule has 2 atom stereocenters. The first-order chi connectivity index (χ1) is 20.0. The fourth-order valence-electron chi connectivity index (χ4n) is 6.38. The van der Waals surface area contributed by atoms with Crippen molar-refractivity contribution >= 4 is 17.5 Å². The molecule has 13 heteroatoms. The highest BCUT2D eigenvalue weighted by molar-refractivity contribution is 5.92. The number of aromatic nitrogens is 5. The normalized spacial score (nSPS) is 21.9. The molecule has 3 heterocycles. The summed E-state index contributed by atoms with van der Waals surface area (Å²) in [5.41, 5.74) is 2.16. The molecule has 0 radical (unpaired) electrons. The minimum atomic E-state index is -2.72. The van der Waals surface area contributed by atoms with Crippen LogP contribution in [0.15, 0.2) is 30.7 Å². The van der Waals surface area contributed by atoms with Crippen LogP contribution in [0.1, 0.15) is 98.5 Å². The summed E-state index contributed by atoms with van der Waals surface area (Å²) >= 11 is 0. The van der Waals surface area contributed by atoms with Gasteiger partial charge in [-0.3, -0.25) is 14.3 Å². The van der Waals surface area contributed by atoms with Crippen LogP contribution < -0.4 is 10.6 Å². The third kappa shape index (κ3) is 6.14. The molecule has 1 unspecified atom stereocenters. The summed E-state index contributed by atoms with van der Waals surface area (Å²) < 4.78 is 57.6. The molecule has 3 aliphatic carbocycles. The zero-order valence-electron chi connectivity index (χ0n) is 23.4. The fraction of sp³-hybridized carbons (Fsp3) is 0.621. The number of hydrogen-bond donors (Lipinski definition) is 2. The van der Waals surface area contributed by atoms with E-state index in [1.807, 2.05) is 13.0 Å². The van der Waals surface area contributed by atoms with Gasteiger partial charge in [-0.15, -0.1) is 0 Å². The van der Waals surface area contributed by atoms with Crippen molar-refractivity contribution in [1.82, 2.24) is 35.0 Å². The van der Waals surface area contributed by atoms with E-state index in [-0.39, 0.29) is 80.6 Å². The number of carbonyl (C=O) groups excluding carboxylic acids is 2. The number of imidazole rings is 1. The number of fused-ring (bicyclic) bond motifs is 1. The Morgan fingerprint density at radius 3 is 2.38 bits per heavy atom. The van der Waals surface area contributed by atoms with E-state index in [4.69, 9.17) is 4.98 Å². The second kappa shape index (κ2) is 11.0. The highest BCUT2D eigenvalue weighted by atomic mass is 19.3. The number of nitrogens with zero attached hydrogens (tertiary/aromatic N) is 5. The predicted molar refractivity (Wildman–Crippen MR) is 144 cm³/mol. The molecule has 0 aromatic carbocycles. The van der Waals surface area contributed by atoms with Gasteiger partial charge in [0.1, 0.15) is 5.69 Å². The Kier molecular flexibility index (Phi) is 7.46. The molecule has 0 saturated heterocycles. The summed E-state index contributed by atoms with van der Waals surface area (Å²) in [5.74, 6) is -6.31. The monoisotopic (exact) mass is 589 g/mol. The number of rotatable bonds is 10. The fourth-order valence-corrected chi connectivity index (χ4v) is 6.38. The molecule has 3 aromatic heterocycles. The van der Waals surface area contributed by atoms with Crippen LogP contribution in [-0.4, -0.2) is 48.0 Å². The van der Waals surface area contributed by atoms with Crippen molar-refractivity contribution < 1.29 is 27.2 Å². The lowest BCUT2D eigenvalue weighted by molar-refractivity contribution is -0.134. The summed E-state index contributed by atoms with van der Waals surface area (Å²) in [6, 6.07) is 2.53. The Morgan fingerprint density at radius 2 is 1.71 bits per heavy atom. The largest absolute Gasteiger partial charge is 0.349 e. The molecule has 3 saturated carbocycles. The highest BCUT2D eigenvalue weighted by Crippen LogP contribution is 2.45. The van der Waals surface area contributed by atoms with Crippen molar-refractivity contribution in [3.8, 4) is 0 Å². The van der Waals surface area contributed by atoms with Crippen molar-refractivity contribution in [3.63, 3.8) is 0 Å². The van der Waals surface area contributed by atoms with E-state index < -0.39 is 17.9 Å². The van der Waals surface area contributed by atoms with Crippen molar-refractivity contribution in [1.29, 1.82) is 0 Å². The van der Waals surface area contributed by atoms with Gasteiger partial charge in [0.25, 0.3) is 5.91 Å². The summed E-state index contributed by atoms with van der Waals surface area (Å²) in [6.45, 7) is 2.38. The minimum absolute atomic E-state index is 0.0702. The molecule has 6 rings (SSSR count). The molecule has 42 heavy (non-hydrogen) atoms. The van der Waals surface area contributed by atoms with E-state index in [0.717, 1.165) is 18.4 Å². The van der Waals surface area contributed by atoms with Crippen LogP contribution in [0, 0.1) is 17.8 Å². The van der Waals surface area contributed by atoms with Crippen LogP contribution in [-0.2, 0) is 11.3 Å². The number of halogens is 4. The molecule has 226 valence electrons. The summed E-state index contributed by atoms with van der Waals surface area (Å²) in [7, 11) is 0. The van der Waals surface area contributed by atoms with Crippen molar-refractivity contribution in [2.24, 2.45) is 17.8 Å². The first-order valence-corrected chi connectivity index (χ1v) is 14.7. The van der Waals surface area contributed by atoms with Crippen LogP contribution >= 0.6 is 0 Å². The first kappa shape index (κ1) is 28.6. The van der Waals surface area contributed by atoms with Crippen LogP contribution in [0.5, 0.6) is 0 Å². The third-order valence-electron chi connectivity index (χ3n) is 8.86. The molecule has 0 aliphatic heterocycles. The maximum atomic E-state index is 14.0. The van der Waals surface area contributed by atoms with Gasteiger partial charge < -0.3 is 10.6 Å². The molecular weight excluding hydrogens is 554 g/mol. The molecule has 0 spiro atoms. The van der Waals surface area contributed by atoms with E-state index in [9.17, 15) is 27.2 Å². The van der Waals surface area contributed by atoms with Gasteiger partial charge in [-0.1, -0.05) is 0 Å². The predicted octanol–water partition coefficient (Wildman–Crippen LogP) is 5.25. The lowest BCUT2D eigenvalue weighted by Crippen LogP contribution is -2.39. The molecule has 3 fully saturated rings. The zero-order chi connectivity index (χ0) is 29.6. The van der Waals surface area contributed by atoms with Crippen molar-refractivity contribution in [3.05, 3.63) is 47.7 Å². The van der Waals surface area contributed by atoms with Crippen LogP contribution in [0.3, 0.4) is 0 Å². The minimum Gasteiger partial charge on any atom is -0.349 e. The number of nitrogens with one attached hydrogen (secondary N) is 2. The average molecular weight is 590 g/mol. The van der Waals surface area contributed by atoms with Crippen LogP contribution in [0.25, 0.3) is 5.65 Å². The SMILES string of the molecule is CCn1nccc1C(=O)N[C@H](c1cn2ncc(C(NC(=O)CC3CC(F)(F)C3)C3CC3)cc2n1)C1CCC(F)(F)CC1. The molecule has 3 aliphatic rings. The molecule has 3 aromatic rings. The van der Waals surface area contributed by atoms with Crippen molar-refractivity contribution in [2.45, 2.75) is 95.2 Å². The van der Waals surface area contributed by atoms with Crippen LogP contribution in [0.4, 0.5) is 17.6 Å². The van der Waals surface area contributed by atoms with Gasteiger partial charge in [0, 0.05) is 44.8 Å². The Labute approximate surface area is 240 Å². The van der Waals surface area contributed by atoms with Gasteiger partial charge in [0.15, 0.2) is 5.65 Å². The zero-order valence-corrected chi connectivity index (χ0v) is 23.4.